The Morgan fingerprint density at radius 2 is 1.69 bits per heavy atom. The van der Waals surface area contributed by atoms with Crippen molar-refractivity contribution >= 4 is 34.0 Å². The number of hydrogen-bond acceptors (Lipinski definition) is 3. The highest BCUT2D eigenvalue weighted by atomic mass is 35.5. The van der Waals surface area contributed by atoms with Gasteiger partial charge in [-0.25, -0.2) is 4.98 Å². The molecule has 0 fully saturated rings. The van der Waals surface area contributed by atoms with E-state index in [1.807, 2.05) is 85.8 Å². The minimum atomic E-state index is 0.643. The van der Waals surface area contributed by atoms with Gasteiger partial charge in [-0.1, -0.05) is 48.0 Å². The summed E-state index contributed by atoms with van der Waals surface area (Å²) in [5, 5.41) is 5.03. The number of ether oxygens (including phenoxy) is 1. The summed E-state index contributed by atoms with van der Waals surface area (Å²) in [6.45, 7) is 2.04. The van der Waals surface area contributed by atoms with E-state index < -0.39 is 0 Å². The smallest absolute Gasteiger partial charge is 0.131 e. The van der Waals surface area contributed by atoms with Crippen LogP contribution in [-0.4, -0.2) is 4.98 Å². The number of aromatic nitrogens is 1. The van der Waals surface area contributed by atoms with Crippen molar-refractivity contribution in [1.29, 1.82) is 0 Å². The predicted octanol–water partition coefficient (Wildman–Crippen LogP) is 6.73. The van der Waals surface area contributed by atoms with Gasteiger partial charge in [0.25, 0.3) is 0 Å². The van der Waals surface area contributed by atoms with Crippen LogP contribution in [0.3, 0.4) is 0 Å². The van der Waals surface area contributed by atoms with Crippen molar-refractivity contribution in [3.05, 3.63) is 89.4 Å². The Balaban J connectivity index is 1.63. The maximum absolute atomic E-state index is 6.27. The maximum atomic E-state index is 6.27. The Kier molecular flexibility index (Phi) is 4.46. The van der Waals surface area contributed by atoms with Crippen molar-refractivity contribution in [3.8, 4) is 11.5 Å². The molecule has 0 radical (unpaired) electrons. The maximum Gasteiger partial charge on any atom is 0.131 e. The SMILES string of the molecule is Cc1ccc(Oc2ccccc2)cc1Nc1ccc2cccc(Cl)c2n1. The minimum absolute atomic E-state index is 0.643. The molecule has 0 unspecified atom stereocenters. The molecule has 128 valence electrons. The lowest BCUT2D eigenvalue weighted by atomic mass is 10.2. The molecule has 0 bridgehead atoms. The third-order valence-corrected chi connectivity index (χ3v) is 4.43. The first kappa shape index (κ1) is 16.4. The molecule has 0 aliphatic rings. The standard InChI is InChI=1S/C22H17ClN2O/c1-15-10-12-18(26-17-7-3-2-4-8-17)14-20(15)24-21-13-11-16-6-5-9-19(23)22(16)25-21/h2-14H,1H3,(H,24,25). The molecule has 0 saturated carbocycles. The van der Waals surface area contributed by atoms with Gasteiger partial charge in [-0.15, -0.1) is 0 Å². The first-order chi connectivity index (χ1) is 12.7. The quantitative estimate of drug-likeness (QED) is 0.438. The molecule has 0 atom stereocenters. The summed E-state index contributed by atoms with van der Waals surface area (Å²) in [7, 11) is 0. The summed E-state index contributed by atoms with van der Waals surface area (Å²) < 4.78 is 5.92. The van der Waals surface area contributed by atoms with Gasteiger partial charge in [-0.3, -0.25) is 0 Å². The van der Waals surface area contributed by atoms with Crippen LogP contribution in [0, 0.1) is 6.92 Å². The van der Waals surface area contributed by atoms with E-state index in [1.54, 1.807) is 0 Å². The molecule has 0 aliphatic carbocycles. The van der Waals surface area contributed by atoms with Gasteiger partial charge in [0.1, 0.15) is 17.3 Å². The fourth-order valence-corrected chi connectivity index (χ4v) is 2.97. The average molecular weight is 361 g/mol. The first-order valence-electron chi connectivity index (χ1n) is 8.35. The Labute approximate surface area is 157 Å². The second-order valence-corrected chi connectivity index (χ2v) is 6.43. The summed E-state index contributed by atoms with van der Waals surface area (Å²) in [5.41, 5.74) is 2.83. The number of fused-ring (bicyclic) bond motifs is 1. The van der Waals surface area contributed by atoms with E-state index in [0.29, 0.717) is 5.02 Å². The zero-order chi connectivity index (χ0) is 17.9. The minimum Gasteiger partial charge on any atom is -0.457 e. The molecule has 0 spiro atoms. The molecule has 4 heteroatoms. The van der Waals surface area contributed by atoms with Crippen molar-refractivity contribution < 1.29 is 4.74 Å². The lowest BCUT2D eigenvalue weighted by molar-refractivity contribution is 0.483. The Hall–Kier alpha value is -3.04. The van der Waals surface area contributed by atoms with Crippen LogP contribution < -0.4 is 10.1 Å². The number of aryl methyl sites for hydroxylation is 1. The largest absolute Gasteiger partial charge is 0.457 e. The molecule has 4 aromatic rings. The van der Waals surface area contributed by atoms with E-state index >= 15 is 0 Å². The summed E-state index contributed by atoms with van der Waals surface area (Å²) in [6.07, 6.45) is 0. The molecule has 0 amide bonds. The third-order valence-electron chi connectivity index (χ3n) is 4.12. The van der Waals surface area contributed by atoms with Crippen LogP contribution in [0.2, 0.25) is 5.02 Å². The van der Waals surface area contributed by atoms with Crippen LogP contribution in [0.15, 0.2) is 78.9 Å². The summed E-state index contributed by atoms with van der Waals surface area (Å²) >= 11 is 6.27. The van der Waals surface area contributed by atoms with Gasteiger partial charge >= 0.3 is 0 Å². The van der Waals surface area contributed by atoms with Gasteiger partial charge in [0.15, 0.2) is 0 Å². The number of halogens is 1. The average Bonchev–Trinajstić information content (AvgIpc) is 2.66. The fourth-order valence-electron chi connectivity index (χ4n) is 2.74. The van der Waals surface area contributed by atoms with Gasteiger partial charge in [0.2, 0.25) is 0 Å². The number of nitrogens with one attached hydrogen (secondary N) is 1. The summed E-state index contributed by atoms with van der Waals surface area (Å²) in [5.74, 6) is 2.31. The number of para-hydroxylation sites is 2. The van der Waals surface area contributed by atoms with Crippen LogP contribution in [0.1, 0.15) is 5.56 Å². The zero-order valence-electron chi connectivity index (χ0n) is 14.2. The molecule has 1 N–H and O–H groups in total. The molecule has 4 rings (SSSR count). The number of benzene rings is 3. The fraction of sp³-hybridized carbons (Fsp3) is 0.0455. The number of hydrogen-bond donors (Lipinski definition) is 1. The van der Waals surface area contributed by atoms with Gasteiger partial charge < -0.3 is 10.1 Å². The van der Waals surface area contributed by atoms with Gasteiger partial charge in [-0.2, -0.15) is 0 Å². The van der Waals surface area contributed by atoms with Crippen LogP contribution in [0.5, 0.6) is 11.5 Å². The number of anilines is 2. The molecule has 0 saturated heterocycles. The topological polar surface area (TPSA) is 34.1 Å². The monoisotopic (exact) mass is 360 g/mol. The van der Waals surface area contributed by atoms with E-state index in [2.05, 4.69) is 10.3 Å². The Morgan fingerprint density at radius 3 is 2.54 bits per heavy atom. The molecule has 1 aromatic heterocycles. The third kappa shape index (κ3) is 3.48. The highest BCUT2D eigenvalue weighted by Crippen LogP contribution is 2.29. The summed E-state index contributed by atoms with van der Waals surface area (Å²) in [6, 6.07) is 25.4. The second kappa shape index (κ2) is 7.06. The molecule has 0 aliphatic heterocycles. The zero-order valence-corrected chi connectivity index (χ0v) is 15.0. The Bertz CT molecular complexity index is 1060. The van der Waals surface area contributed by atoms with E-state index in [9.17, 15) is 0 Å². The van der Waals surface area contributed by atoms with Crippen molar-refractivity contribution in [1.82, 2.24) is 4.98 Å². The van der Waals surface area contributed by atoms with Crippen LogP contribution >= 0.6 is 11.6 Å². The van der Waals surface area contributed by atoms with Crippen molar-refractivity contribution in [3.63, 3.8) is 0 Å². The number of rotatable bonds is 4. The highest BCUT2D eigenvalue weighted by Gasteiger charge is 2.06. The number of pyridine rings is 1. The van der Waals surface area contributed by atoms with E-state index in [4.69, 9.17) is 16.3 Å². The van der Waals surface area contributed by atoms with Gasteiger partial charge in [-0.05, 0) is 48.9 Å². The predicted molar refractivity (Wildman–Crippen MR) is 108 cm³/mol. The first-order valence-corrected chi connectivity index (χ1v) is 8.73. The van der Waals surface area contributed by atoms with Crippen molar-refractivity contribution in [2.24, 2.45) is 0 Å². The molecule has 1 heterocycles. The van der Waals surface area contributed by atoms with Crippen LogP contribution in [0.4, 0.5) is 11.5 Å². The number of nitrogens with zero attached hydrogens (tertiary/aromatic N) is 1. The van der Waals surface area contributed by atoms with Gasteiger partial charge in [0.05, 0.1) is 10.5 Å². The normalized spacial score (nSPS) is 10.7. The molecular weight excluding hydrogens is 344 g/mol. The molecule has 26 heavy (non-hydrogen) atoms. The second-order valence-electron chi connectivity index (χ2n) is 6.02. The van der Waals surface area contributed by atoms with E-state index in [1.165, 1.54) is 0 Å². The molecule has 3 nitrogen and oxygen atoms in total. The van der Waals surface area contributed by atoms with Crippen molar-refractivity contribution in [2.45, 2.75) is 6.92 Å². The van der Waals surface area contributed by atoms with Crippen molar-refractivity contribution in [2.75, 3.05) is 5.32 Å². The lowest BCUT2D eigenvalue weighted by Crippen LogP contribution is -1.97. The van der Waals surface area contributed by atoms with Crippen LogP contribution in [0.25, 0.3) is 10.9 Å². The Morgan fingerprint density at radius 1 is 0.846 bits per heavy atom. The van der Waals surface area contributed by atoms with E-state index in [0.717, 1.165) is 39.5 Å². The molecular formula is C22H17ClN2O. The van der Waals surface area contributed by atoms with E-state index in [-0.39, 0.29) is 0 Å². The summed E-state index contributed by atoms with van der Waals surface area (Å²) in [4.78, 5) is 4.64. The van der Waals surface area contributed by atoms with Crippen LogP contribution in [-0.2, 0) is 0 Å². The highest BCUT2D eigenvalue weighted by molar-refractivity contribution is 6.35. The molecule has 3 aromatic carbocycles. The van der Waals surface area contributed by atoms with Gasteiger partial charge in [0, 0.05) is 17.1 Å². The lowest BCUT2D eigenvalue weighted by Gasteiger charge is -2.12.